The van der Waals surface area contributed by atoms with Crippen LogP contribution in [0.4, 0.5) is 23.2 Å². The molecule has 0 atom stereocenters. The number of ether oxygens (including phenoxy) is 1. The summed E-state index contributed by atoms with van der Waals surface area (Å²) in [5, 5.41) is 6.00. The first-order valence-corrected chi connectivity index (χ1v) is 10.7. The number of nitrogens with zero attached hydrogens (tertiary/aromatic N) is 4. The lowest BCUT2D eigenvalue weighted by molar-refractivity contribution is -0.143. The molecule has 0 fully saturated rings. The van der Waals surface area contributed by atoms with Crippen molar-refractivity contribution in [3.05, 3.63) is 94.5 Å². The minimum atomic E-state index is -4.89. The molecule has 0 unspecified atom stereocenters. The van der Waals surface area contributed by atoms with E-state index in [2.05, 4.69) is 20.4 Å². The lowest BCUT2D eigenvalue weighted by atomic mass is 10.2. The lowest BCUT2D eigenvalue weighted by Crippen LogP contribution is -2.20. The number of para-hydroxylation sites is 1. The van der Waals surface area contributed by atoms with E-state index in [1.165, 1.54) is 60.3 Å². The van der Waals surface area contributed by atoms with E-state index in [4.69, 9.17) is 4.74 Å². The van der Waals surface area contributed by atoms with Gasteiger partial charge in [0.1, 0.15) is 5.52 Å². The summed E-state index contributed by atoms with van der Waals surface area (Å²) in [5.74, 6) is -2.13. The summed E-state index contributed by atoms with van der Waals surface area (Å²) in [4.78, 5) is 31.2. The highest BCUT2D eigenvalue weighted by Gasteiger charge is 2.40. The van der Waals surface area contributed by atoms with Gasteiger partial charge in [0.2, 0.25) is 0 Å². The third kappa shape index (κ3) is 4.42. The predicted molar refractivity (Wildman–Crippen MR) is 124 cm³/mol. The van der Waals surface area contributed by atoms with Gasteiger partial charge in [-0.25, -0.2) is 18.9 Å². The Hall–Kier alpha value is -4.94. The Morgan fingerprint density at radius 3 is 2.54 bits per heavy atom. The van der Waals surface area contributed by atoms with E-state index in [-0.39, 0.29) is 28.5 Å². The van der Waals surface area contributed by atoms with Crippen molar-refractivity contribution in [2.45, 2.75) is 6.18 Å². The van der Waals surface area contributed by atoms with Gasteiger partial charge in [-0.15, -0.1) is 0 Å². The van der Waals surface area contributed by atoms with E-state index in [0.29, 0.717) is 10.2 Å². The minimum Gasteiger partial charge on any atom is -0.452 e. The molecular weight excluding hydrogens is 496 g/mol. The number of rotatable bonds is 5. The number of carbonyl (C=O) groups is 1. The minimum absolute atomic E-state index is 0.107. The molecule has 3 aromatic heterocycles. The quantitative estimate of drug-likeness (QED) is 0.334. The molecule has 3 heterocycles. The normalized spacial score (nSPS) is 11.6. The first kappa shape index (κ1) is 23.8. The number of anilines is 1. The Kier molecular flexibility index (Phi) is 5.74. The van der Waals surface area contributed by atoms with Gasteiger partial charge in [-0.3, -0.25) is 14.3 Å². The van der Waals surface area contributed by atoms with Gasteiger partial charge in [-0.05, 0) is 24.3 Å². The second-order valence-corrected chi connectivity index (χ2v) is 7.85. The predicted octanol–water partition coefficient (Wildman–Crippen LogP) is 4.65. The summed E-state index contributed by atoms with van der Waals surface area (Å²) in [6, 6.07) is 12.3. The van der Waals surface area contributed by atoms with Crippen LogP contribution in [0, 0.1) is 5.82 Å². The number of benzene rings is 2. The molecule has 188 valence electrons. The Labute approximate surface area is 204 Å². The van der Waals surface area contributed by atoms with Crippen molar-refractivity contribution < 1.29 is 27.1 Å². The van der Waals surface area contributed by atoms with Gasteiger partial charge in [0.25, 0.3) is 5.91 Å². The van der Waals surface area contributed by atoms with E-state index in [1.54, 1.807) is 6.07 Å². The number of aromatic nitrogens is 5. The number of hydrogen-bond acceptors (Lipinski definition) is 5. The molecule has 0 aliphatic rings. The van der Waals surface area contributed by atoms with E-state index in [0.717, 1.165) is 12.3 Å². The molecule has 0 radical (unpaired) electrons. The van der Waals surface area contributed by atoms with Crippen LogP contribution in [0.5, 0.6) is 11.5 Å². The molecule has 0 saturated heterocycles. The van der Waals surface area contributed by atoms with E-state index < -0.39 is 34.8 Å². The zero-order chi connectivity index (χ0) is 26.3. The average molecular weight is 512 g/mol. The largest absolute Gasteiger partial charge is 0.452 e. The zero-order valence-electron chi connectivity index (χ0n) is 18.9. The van der Waals surface area contributed by atoms with E-state index in [9.17, 15) is 27.2 Å². The Bertz CT molecular complexity index is 1690. The maximum Gasteiger partial charge on any atom is 0.434 e. The summed E-state index contributed by atoms with van der Waals surface area (Å²) >= 11 is 0. The number of fused-ring (bicyclic) bond motifs is 1. The van der Waals surface area contributed by atoms with Crippen LogP contribution in [0.2, 0.25) is 0 Å². The molecule has 5 rings (SSSR count). The molecule has 1 amide bonds. The molecule has 13 heteroatoms. The number of halogens is 4. The van der Waals surface area contributed by atoms with Gasteiger partial charge >= 0.3 is 11.9 Å². The van der Waals surface area contributed by atoms with Crippen molar-refractivity contribution in [2.75, 3.05) is 5.32 Å². The van der Waals surface area contributed by atoms with Crippen LogP contribution in [0.3, 0.4) is 0 Å². The molecule has 9 nitrogen and oxygen atoms in total. The highest BCUT2D eigenvalue weighted by Crippen LogP contribution is 2.35. The van der Waals surface area contributed by atoms with Crippen LogP contribution in [-0.4, -0.2) is 30.2 Å². The number of hydrogen-bond donors (Lipinski definition) is 2. The Morgan fingerprint density at radius 1 is 1.08 bits per heavy atom. The summed E-state index contributed by atoms with van der Waals surface area (Å²) < 4.78 is 63.8. The third-order valence-electron chi connectivity index (χ3n) is 5.45. The number of aromatic amines is 1. The topological polar surface area (TPSA) is 107 Å². The fourth-order valence-corrected chi connectivity index (χ4v) is 3.75. The fourth-order valence-electron chi connectivity index (χ4n) is 3.75. The van der Waals surface area contributed by atoms with Crippen LogP contribution in [0.25, 0.3) is 16.9 Å². The maximum atomic E-state index is 14.8. The number of amides is 1. The molecule has 0 spiro atoms. The summed E-state index contributed by atoms with van der Waals surface area (Å²) in [6.45, 7) is 0. The average Bonchev–Trinajstić information content (AvgIpc) is 3.44. The molecule has 37 heavy (non-hydrogen) atoms. The van der Waals surface area contributed by atoms with Crippen molar-refractivity contribution in [2.24, 2.45) is 7.05 Å². The molecule has 0 aliphatic carbocycles. The number of H-pyrrole nitrogens is 1. The molecule has 5 aromatic rings. The first-order chi connectivity index (χ1) is 17.6. The van der Waals surface area contributed by atoms with Crippen LogP contribution in [0.15, 0.2) is 71.8 Å². The summed E-state index contributed by atoms with van der Waals surface area (Å²) in [5.41, 5.74) is -1.88. The van der Waals surface area contributed by atoms with Crippen molar-refractivity contribution in [3.8, 4) is 17.2 Å². The van der Waals surface area contributed by atoms with Gasteiger partial charge in [0.15, 0.2) is 28.7 Å². The molecular formula is C24H16F4N6O3. The SMILES string of the molecule is Cn1c(=O)[nH]c2nccc(Oc3ccc(NC(=O)c4cnn(-c5ccccc5)c4C(F)(F)F)cc3F)c21. The van der Waals surface area contributed by atoms with Crippen LogP contribution < -0.4 is 15.7 Å². The lowest BCUT2D eigenvalue weighted by Gasteiger charge is -2.13. The van der Waals surface area contributed by atoms with Crippen molar-refractivity contribution in [1.82, 2.24) is 24.3 Å². The van der Waals surface area contributed by atoms with Crippen LogP contribution in [0.1, 0.15) is 16.1 Å². The number of carbonyl (C=O) groups excluding carboxylic acids is 1. The Morgan fingerprint density at radius 2 is 1.84 bits per heavy atom. The van der Waals surface area contributed by atoms with E-state index in [1.807, 2.05) is 0 Å². The molecule has 2 N–H and O–H groups in total. The third-order valence-corrected chi connectivity index (χ3v) is 5.45. The van der Waals surface area contributed by atoms with Crippen molar-refractivity contribution >= 4 is 22.8 Å². The van der Waals surface area contributed by atoms with Crippen molar-refractivity contribution in [3.63, 3.8) is 0 Å². The second kappa shape index (κ2) is 8.93. The maximum absolute atomic E-state index is 14.8. The second-order valence-electron chi connectivity index (χ2n) is 7.85. The Balaban J connectivity index is 1.42. The zero-order valence-corrected chi connectivity index (χ0v) is 18.9. The van der Waals surface area contributed by atoms with Crippen LogP contribution >= 0.6 is 0 Å². The number of imidazole rings is 1. The summed E-state index contributed by atoms with van der Waals surface area (Å²) in [6.07, 6.45) is -2.72. The van der Waals surface area contributed by atoms with Gasteiger partial charge < -0.3 is 10.1 Å². The number of pyridine rings is 1. The molecule has 0 aliphatic heterocycles. The van der Waals surface area contributed by atoms with Crippen LogP contribution in [-0.2, 0) is 13.2 Å². The van der Waals surface area contributed by atoms with Gasteiger partial charge in [0.05, 0.1) is 17.4 Å². The molecule has 2 aromatic carbocycles. The van der Waals surface area contributed by atoms with Gasteiger partial charge in [0, 0.05) is 31.1 Å². The van der Waals surface area contributed by atoms with Gasteiger partial charge in [-0.2, -0.15) is 18.3 Å². The fraction of sp³-hybridized carbons (Fsp3) is 0.0833. The van der Waals surface area contributed by atoms with Gasteiger partial charge in [-0.1, -0.05) is 18.2 Å². The van der Waals surface area contributed by atoms with Crippen molar-refractivity contribution in [1.29, 1.82) is 0 Å². The standard InChI is InChI=1S/C24H16F4N6O3/c1-33-19-18(9-10-29-21(19)32-23(33)36)37-17-8-7-13(11-16(17)25)31-22(35)15-12-30-34(20(15)24(26,27)28)14-5-3-2-4-6-14/h2-12H,1H3,(H,31,35)(H,29,32,36). The highest BCUT2D eigenvalue weighted by atomic mass is 19.4. The molecule has 0 bridgehead atoms. The number of aryl methyl sites for hydroxylation is 1. The number of nitrogens with one attached hydrogen (secondary N) is 2. The first-order valence-electron chi connectivity index (χ1n) is 10.7. The van der Waals surface area contributed by atoms with E-state index >= 15 is 0 Å². The monoisotopic (exact) mass is 512 g/mol. The highest BCUT2D eigenvalue weighted by molar-refractivity contribution is 6.05. The smallest absolute Gasteiger partial charge is 0.434 e. The summed E-state index contributed by atoms with van der Waals surface area (Å²) in [7, 11) is 1.49. The number of alkyl halides is 3. The molecule has 0 saturated carbocycles.